The van der Waals surface area contributed by atoms with Crippen molar-refractivity contribution in [2.45, 2.75) is 25.7 Å². The summed E-state index contributed by atoms with van der Waals surface area (Å²) >= 11 is 0. The number of fused-ring (bicyclic) bond motifs is 1. The van der Waals surface area contributed by atoms with Gasteiger partial charge in [-0.25, -0.2) is 0 Å². The summed E-state index contributed by atoms with van der Waals surface area (Å²) in [6, 6.07) is 8.13. The molecular formula is C13H15N2O2-. The van der Waals surface area contributed by atoms with Gasteiger partial charge in [0.15, 0.2) is 0 Å². The highest BCUT2D eigenvalue weighted by molar-refractivity contribution is 5.96. The van der Waals surface area contributed by atoms with Gasteiger partial charge in [-0.3, -0.25) is 4.99 Å². The van der Waals surface area contributed by atoms with Crippen LogP contribution in [0.25, 0.3) is 0 Å². The Morgan fingerprint density at radius 3 is 3.00 bits per heavy atom. The van der Waals surface area contributed by atoms with Crippen LogP contribution in [0.4, 0.5) is 5.69 Å². The molecule has 0 aliphatic carbocycles. The van der Waals surface area contributed by atoms with Crippen molar-refractivity contribution in [2.24, 2.45) is 4.99 Å². The first kappa shape index (κ1) is 11.6. The molecule has 4 heteroatoms. The number of anilines is 1. The fourth-order valence-corrected chi connectivity index (χ4v) is 1.93. The van der Waals surface area contributed by atoms with E-state index < -0.39 is 5.97 Å². The fourth-order valence-electron chi connectivity index (χ4n) is 1.93. The van der Waals surface area contributed by atoms with Crippen molar-refractivity contribution in [2.75, 3.05) is 11.9 Å². The number of nitrogens with one attached hydrogen (secondary N) is 1. The Hall–Kier alpha value is -1.84. The minimum atomic E-state index is -1.05. The Morgan fingerprint density at radius 1 is 1.35 bits per heavy atom. The summed E-state index contributed by atoms with van der Waals surface area (Å²) in [6.45, 7) is 0.285. The van der Waals surface area contributed by atoms with E-state index in [0.29, 0.717) is 0 Å². The molecule has 90 valence electrons. The lowest BCUT2D eigenvalue weighted by Gasteiger charge is -2.08. The predicted octanol–water partition coefficient (Wildman–Crippen LogP) is 0.973. The molecule has 0 fully saturated rings. The van der Waals surface area contributed by atoms with E-state index in [2.05, 4.69) is 16.4 Å². The van der Waals surface area contributed by atoms with Gasteiger partial charge in [0.05, 0.1) is 0 Å². The SMILES string of the molecule is O=C([O-])CCN=C1CCCc2ccccc2N1. The number of carbonyl (C=O) groups excluding carboxylic acids is 1. The molecule has 0 radical (unpaired) electrons. The lowest BCUT2D eigenvalue weighted by molar-refractivity contribution is -0.305. The number of rotatable bonds is 3. The number of benzene rings is 1. The highest BCUT2D eigenvalue weighted by Gasteiger charge is 2.10. The molecular weight excluding hydrogens is 216 g/mol. The van der Waals surface area contributed by atoms with Crippen LogP contribution in [-0.2, 0) is 11.2 Å². The third-order valence-electron chi connectivity index (χ3n) is 2.77. The maximum absolute atomic E-state index is 10.3. The molecule has 2 rings (SSSR count). The van der Waals surface area contributed by atoms with Crippen LogP contribution in [0.5, 0.6) is 0 Å². The van der Waals surface area contributed by atoms with Crippen LogP contribution in [0.15, 0.2) is 29.3 Å². The van der Waals surface area contributed by atoms with Crippen LogP contribution < -0.4 is 10.4 Å². The first-order valence-corrected chi connectivity index (χ1v) is 5.84. The zero-order valence-corrected chi connectivity index (χ0v) is 9.61. The van der Waals surface area contributed by atoms with Crippen LogP contribution in [-0.4, -0.2) is 18.3 Å². The van der Waals surface area contributed by atoms with Gasteiger partial charge in [-0.1, -0.05) is 18.2 Å². The zero-order valence-electron chi connectivity index (χ0n) is 9.61. The van der Waals surface area contributed by atoms with Gasteiger partial charge >= 0.3 is 0 Å². The third kappa shape index (κ3) is 3.31. The average molecular weight is 231 g/mol. The average Bonchev–Trinajstić information content (AvgIpc) is 2.50. The van der Waals surface area contributed by atoms with Crippen LogP contribution in [0.1, 0.15) is 24.8 Å². The Morgan fingerprint density at radius 2 is 2.18 bits per heavy atom. The second kappa shape index (κ2) is 5.48. The van der Waals surface area contributed by atoms with E-state index in [9.17, 15) is 9.90 Å². The van der Waals surface area contributed by atoms with E-state index >= 15 is 0 Å². The summed E-state index contributed by atoms with van der Waals surface area (Å²) in [6.07, 6.45) is 2.91. The Balaban J connectivity index is 2.05. The predicted molar refractivity (Wildman–Crippen MR) is 64.9 cm³/mol. The van der Waals surface area contributed by atoms with Crippen LogP contribution in [0, 0.1) is 0 Å². The third-order valence-corrected chi connectivity index (χ3v) is 2.77. The van der Waals surface area contributed by atoms with Crippen molar-refractivity contribution in [3.63, 3.8) is 0 Å². The summed E-state index contributed by atoms with van der Waals surface area (Å²) in [4.78, 5) is 14.6. The summed E-state index contributed by atoms with van der Waals surface area (Å²) in [5.41, 5.74) is 2.37. The number of aryl methyl sites for hydroxylation is 1. The minimum Gasteiger partial charge on any atom is -0.550 e. The van der Waals surface area contributed by atoms with Crippen molar-refractivity contribution in [3.8, 4) is 0 Å². The Labute approximate surface area is 100 Å². The molecule has 1 heterocycles. The van der Waals surface area contributed by atoms with E-state index in [1.807, 2.05) is 18.2 Å². The Bertz CT molecular complexity index is 441. The molecule has 0 spiro atoms. The van der Waals surface area contributed by atoms with Gasteiger partial charge in [0.2, 0.25) is 0 Å². The van der Waals surface area contributed by atoms with E-state index in [4.69, 9.17) is 0 Å². The monoisotopic (exact) mass is 231 g/mol. The number of carboxylic acids is 1. The van der Waals surface area contributed by atoms with Crippen molar-refractivity contribution in [1.82, 2.24) is 0 Å². The summed E-state index contributed by atoms with van der Waals surface area (Å²) in [7, 11) is 0. The molecule has 1 aliphatic heterocycles. The molecule has 1 aromatic rings. The van der Waals surface area contributed by atoms with Crippen LogP contribution in [0.3, 0.4) is 0 Å². The van der Waals surface area contributed by atoms with Crippen molar-refractivity contribution < 1.29 is 9.90 Å². The molecule has 0 aromatic heterocycles. The molecule has 0 amide bonds. The number of carbonyl (C=O) groups is 1. The van der Waals surface area contributed by atoms with Gasteiger partial charge in [0.1, 0.15) is 5.84 Å². The van der Waals surface area contributed by atoms with E-state index in [-0.39, 0.29) is 13.0 Å². The molecule has 1 aromatic carbocycles. The number of aliphatic imine (C=N–C) groups is 1. The summed E-state index contributed by atoms with van der Waals surface area (Å²) in [5.74, 6) is -0.181. The lowest BCUT2D eigenvalue weighted by atomic mass is 10.1. The highest BCUT2D eigenvalue weighted by Crippen LogP contribution is 2.21. The number of carboxylic acid groups (broad SMARTS) is 1. The number of aliphatic carboxylic acids is 1. The molecule has 0 saturated carbocycles. The molecule has 17 heavy (non-hydrogen) atoms. The maximum Gasteiger partial charge on any atom is 0.101 e. The highest BCUT2D eigenvalue weighted by atomic mass is 16.4. The minimum absolute atomic E-state index is 0.0210. The number of nitrogens with zero attached hydrogens (tertiary/aromatic N) is 1. The number of amidine groups is 1. The van der Waals surface area contributed by atoms with Gasteiger partial charge in [-0.15, -0.1) is 0 Å². The fraction of sp³-hybridized carbons (Fsp3) is 0.385. The lowest BCUT2D eigenvalue weighted by Crippen LogP contribution is -2.23. The van der Waals surface area contributed by atoms with Gasteiger partial charge < -0.3 is 15.2 Å². The van der Waals surface area contributed by atoms with Crippen molar-refractivity contribution in [1.29, 1.82) is 0 Å². The smallest absolute Gasteiger partial charge is 0.101 e. The largest absolute Gasteiger partial charge is 0.550 e. The molecule has 4 nitrogen and oxygen atoms in total. The van der Waals surface area contributed by atoms with Gasteiger partial charge in [0, 0.05) is 31.0 Å². The molecule has 0 bridgehead atoms. The van der Waals surface area contributed by atoms with E-state index in [1.165, 1.54) is 5.56 Å². The summed E-state index contributed by atoms with van der Waals surface area (Å²) < 4.78 is 0. The topological polar surface area (TPSA) is 64.5 Å². The van der Waals surface area contributed by atoms with Crippen molar-refractivity contribution in [3.05, 3.63) is 29.8 Å². The molecule has 1 N–H and O–H groups in total. The van der Waals surface area contributed by atoms with Gasteiger partial charge in [0.25, 0.3) is 0 Å². The first-order chi connectivity index (χ1) is 8.25. The van der Waals surface area contributed by atoms with E-state index in [1.54, 1.807) is 0 Å². The second-order valence-corrected chi connectivity index (χ2v) is 4.09. The number of para-hydroxylation sites is 1. The van der Waals surface area contributed by atoms with Gasteiger partial charge in [-0.05, 0) is 24.5 Å². The molecule has 0 unspecified atom stereocenters. The Kier molecular flexibility index (Phi) is 3.75. The quantitative estimate of drug-likeness (QED) is 0.843. The second-order valence-electron chi connectivity index (χ2n) is 4.09. The molecule has 0 saturated heterocycles. The van der Waals surface area contributed by atoms with Gasteiger partial charge in [-0.2, -0.15) is 0 Å². The zero-order chi connectivity index (χ0) is 12.1. The normalized spacial score (nSPS) is 17.1. The maximum atomic E-state index is 10.3. The van der Waals surface area contributed by atoms with Crippen LogP contribution in [0.2, 0.25) is 0 Å². The number of hydrogen-bond donors (Lipinski definition) is 1. The molecule has 0 atom stereocenters. The number of hydrogen-bond acceptors (Lipinski definition) is 3. The van der Waals surface area contributed by atoms with E-state index in [0.717, 1.165) is 30.8 Å². The van der Waals surface area contributed by atoms with Crippen molar-refractivity contribution >= 4 is 17.5 Å². The molecule has 1 aliphatic rings. The standard InChI is InChI=1S/C13H16N2O2/c16-13(17)8-9-14-12-7-3-5-10-4-1-2-6-11(10)15-12/h1-2,4,6H,3,5,7-9H2,(H,14,15)(H,16,17)/p-1. The summed E-state index contributed by atoms with van der Waals surface area (Å²) in [5, 5.41) is 13.6. The van der Waals surface area contributed by atoms with Crippen LogP contribution >= 0.6 is 0 Å². The first-order valence-electron chi connectivity index (χ1n) is 5.84.